The van der Waals surface area contributed by atoms with Crippen molar-refractivity contribution in [2.45, 2.75) is 26.4 Å². The van der Waals surface area contributed by atoms with E-state index in [0.717, 1.165) is 12.1 Å². The Labute approximate surface area is 197 Å². The maximum Gasteiger partial charge on any atom is 0.416 e. The molecule has 0 amide bonds. The molecule has 178 valence electrons. The lowest BCUT2D eigenvalue weighted by atomic mass is 10.1. The van der Waals surface area contributed by atoms with Crippen molar-refractivity contribution in [1.82, 2.24) is 20.2 Å². The highest BCUT2D eigenvalue weighted by atomic mass is 35.5. The first kappa shape index (κ1) is 23.7. The van der Waals surface area contributed by atoms with Crippen LogP contribution in [0.5, 0.6) is 5.75 Å². The second-order valence-corrected chi connectivity index (χ2v) is 7.78. The summed E-state index contributed by atoms with van der Waals surface area (Å²) in [4.78, 5) is 10.7. The topological polar surface area (TPSA) is 66.9 Å². The van der Waals surface area contributed by atoms with Crippen molar-refractivity contribution in [2.24, 2.45) is 0 Å². The third kappa shape index (κ3) is 4.50. The summed E-state index contributed by atoms with van der Waals surface area (Å²) >= 11 is 6.23. The van der Waals surface area contributed by atoms with Gasteiger partial charge in [0.2, 0.25) is 5.95 Å². The van der Waals surface area contributed by atoms with Gasteiger partial charge in [0.1, 0.15) is 16.7 Å². The van der Waals surface area contributed by atoms with Crippen molar-refractivity contribution < 1.29 is 22.3 Å². The number of halogens is 5. The minimum atomic E-state index is -4.52. The number of aromatic nitrogens is 4. The molecule has 0 unspecified atom stereocenters. The van der Waals surface area contributed by atoms with E-state index >= 15 is 0 Å². The van der Waals surface area contributed by atoms with Crippen LogP contribution in [-0.2, 0) is 6.18 Å². The molecule has 4 rings (SSSR count). The summed E-state index contributed by atoms with van der Waals surface area (Å²) in [6.07, 6.45) is -2.36. The number of fused-ring (bicyclic) bond motifs is 1. The van der Waals surface area contributed by atoms with Gasteiger partial charge in [-0.2, -0.15) is 18.3 Å². The van der Waals surface area contributed by atoms with E-state index < -0.39 is 17.6 Å². The van der Waals surface area contributed by atoms with Crippen LogP contribution < -0.4 is 9.64 Å². The predicted molar refractivity (Wildman–Crippen MR) is 122 cm³/mol. The van der Waals surface area contributed by atoms with Crippen molar-refractivity contribution in [3.05, 3.63) is 59.0 Å². The van der Waals surface area contributed by atoms with E-state index in [-0.39, 0.29) is 16.7 Å². The SMILES string of the molecule is CCCOc1c(F)cccc1-c1nc(N(CC)c2ccc(C(F)(F)F)cc2Cl)nc2cn[nH]c12. The number of hydrogen-bond donors (Lipinski definition) is 1. The van der Waals surface area contributed by atoms with Crippen LogP contribution >= 0.6 is 11.6 Å². The third-order valence-corrected chi connectivity index (χ3v) is 5.39. The fraction of sp³-hybridized carbons (Fsp3) is 0.261. The number of aromatic amines is 1. The molecule has 11 heteroatoms. The van der Waals surface area contributed by atoms with Crippen molar-refractivity contribution in [1.29, 1.82) is 0 Å². The van der Waals surface area contributed by atoms with E-state index in [1.807, 2.05) is 6.92 Å². The Morgan fingerprint density at radius 2 is 1.91 bits per heavy atom. The van der Waals surface area contributed by atoms with Crippen LogP contribution in [0.1, 0.15) is 25.8 Å². The highest BCUT2D eigenvalue weighted by Crippen LogP contribution is 2.39. The molecule has 4 aromatic rings. The van der Waals surface area contributed by atoms with Crippen molar-refractivity contribution >= 4 is 34.3 Å². The predicted octanol–water partition coefficient (Wildman–Crippen LogP) is 6.78. The molecule has 0 fully saturated rings. The van der Waals surface area contributed by atoms with Crippen molar-refractivity contribution in [3.8, 4) is 17.0 Å². The summed E-state index contributed by atoms with van der Waals surface area (Å²) < 4.78 is 59.6. The van der Waals surface area contributed by atoms with Crippen LogP contribution in [0.15, 0.2) is 42.6 Å². The molecule has 0 aliphatic heterocycles. The van der Waals surface area contributed by atoms with E-state index in [9.17, 15) is 17.6 Å². The first-order valence-electron chi connectivity index (χ1n) is 10.5. The number of anilines is 2. The molecular formula is C23H20ClF4N5O. The Morgan fingerprint density at radius 3 is 2.59 bits per heavy atom. The number of alkyl halides is 3. The second kappa shape index (κ2) is 9.46. The maximum absolute atomic E-state index is 14.6. The molecule has 0 spiro atoms. The van der Waals surface area contributed by atoms with Gasteiger partial charge in [-0.05, 0) is 43.7 Å². The first-order chi connectivity index (χ1) is 16.2. The largest absolute Gasteiger partial charge is 0.490 e. The van der Waals surface area contributed by atoms with Gasteiger partial charge in [-0.15, -0.1) is 0 Å². The molecule has 0 aliphatic carbocycles. The second-order valence-electron chi connectivity index (χ2n) is 7.38. The van der Waals surface area contributed by atoms with Gasteiger partial charge in [-0.3, -0.25) is 5.10 Å². The molecule has 34 heavy (non-hydrogen) atoms. The molecule has 2 aromatic carbocycles. The molecule has 0 bridgehead atoms. The fourth-order valence-corrected chi connectivity index (χ4v) is 3.79. The van der Waals surface area contributed by atoms with Crippen molar-refractivity contribution in [3.63, 3.8) is 0 Å². The molecule has 0 atom stereocenters. The number of nitrogens with one attached hydrogen (secondary N) is 1. The smallest absolute Gasteiger partial charge is 0.416 e. The van der Waals surface area contributed by atoms with E-state index in [0.29, 0.717) is 47.6 Å². The zero-order valence-electron chi connectivity index (χ0n) is 18.2. The first-order valence-corrected chi connectivity index (χ1v) is 10.9. The minimum absolute atomic E-state index is 0.0421. The van der Waals surface area contributed by atoms with Crippen LogP contribution in [0.4, 0.5) is 29.2 Å². The molecular weight excluding hydrogens is 474 g/mol. The number of nitrogens with zero attached hydrogens (tertiary/aromatic N) is 4. The van der Waals surface area contributed by atoms with Gasteiger partial charge in [0.15, 0.2) is 11.6 Å². The van der Waals surface area contributed by atoms with Gasteiger partial charge in [-0.1, -0.05) is 24.6 Å². The number of benzene rings is 2. The highest BCUT2D eigenvalue weighted by Gasteiger charge is 2.31. The number of para-hydroxylation sites is 1. The average molecular weight is 494 g/mol. The molecule has 2 aromatic heterocycles. The quantitative estimate of drug-likeness (QED) is 0.287. The zero-order chi connectivity index (χ0) is 24.5. The Kier molecular flexibility index (Phi) is 6.60. The Hall–Kier alpha value is -3.40. The van der Waals surface area contributed by atoms with E-state index in [2.05, 4.69) is 20.2 Å². The Morgan fingerprint density at radius 1 is 1.12 bits per heavy atom. The van der Waals surface area contributed by atoms with Crippen LogP contribution in [0, 0.1) is 5.82 Å². The lowest BCUT2D eigenvalue weighted by Crippen LogP contribution is -2.20. The summed E-state index contributed by atoms with van der Waals surface area (Å²) in [7, 11) is 0. The van der Waals surface area contributed by atoms with Gasteiger partial charge < -0.3 is 9.64 Å². The Bertz CT molecular complexity index is 1320. The molecule has 0 saturated carbocycles. The van der Waals surface area contributed by atoms with E-state index in [4.69, 9.17) is 16.3 Å². The summed E-state index contributed by atoms with van der Waals surface area (Å²) in [6, 6.07) is 7.58. The van der Waals surface area contributed by atoms with Gasteiger partial charge in [0.05, 0.1) is 29.1 Å². The highest BCUT2D eigenvalue weighted by molar-refractivity contribution is 6.33. The lowest BCUT2D eigenvalue weighted by molar-refractivity contribution is -0.137. The zero-order valence-corrected chi connectivity index (χ0v) is 19.0. The normalized spacial score (nSPS) is 11.7. The van der Waals surface area contributed by atoms with E-state index in [1.54, 1.807) is 17.9 Å². The van der Waals surface area contributed by atoms with E-state index in [1.165, 1.54) is 24.4 Å². The van der Waals surface area contributed by atoms with Crippen molar-refractivity contribution in [2.75, 3.05) is 18.1 Å². The molecule has 6 nitrogen and oxygen atoms in total. The average Bonchev–Trinajstić information content (AvgIpc) is 3.27. The molecule has 0 radical (unpaired) electrons. The summed E-state index contributed by atoms with van der Waals surface area (Å²) in [6.45, 7) is 4.30. The molecule has 1 N–H and O–H groups in total. The maximum atomic E-state index is 14.6. The van der Waals surface area contributed by atoms with Crippen LogP contribution in [-0.4, -0.2) is 33.3 Å². The summed E-state index contributed by atoms with van der Waals surface area (Å²) in [5, 5.41) is 6.75. The van der Waals surface area contributed by atoms with Gasteiger partial charge in [0, 0.05) is 12.1 Å². The molecule has 2 heterocycles. The lowest BCUT2D eigenvalue weighted by Gasteiger charge is -2.23. The van der Waals surface area contributed by atoms with Crippen LogP contribution in [0.3, 0.4) is 0 Å². The van der Waals surface area contributed by atoms with Gasteiger partial charge in [0.25, 0.3) is 0 Å². The summed E-state index contributed by atoms with van der Waals surface area (Å²) in [5.74, 6) is -0.337. The monoisotopic (exact) mass is 493 g/mol. The number of rotatable bonds is 7. The Balaban J connectivity index is 1.87. The number of ether oxygens (including phenoxy) is 1. The minimum Gasteiger partial charge on any atom is -0.490 e. The number of H-pyrrole nitrogens is 1. The van der Waals surface area contributed by atoms with Gasteiger partial charge in [-0.25, -0.2) is 14.4 Å². The standard InChI is InChI=1S/C23H20ClF4N5O/c1-3-10-34-21-14(6-5-7-16(21)25)19-20-17(12-29-32-20)30-22(31-19)33(4-2)18-9-8-13(11-15(18)24)23(26,27)28/h5-9,11-12H,3-4,10H2,1-2H3,(H,29,32). The third-order valence-electron chi connectivity index (χ3n) is 5.08. The van der Waals surface area contributed by atoms with Crippen LogP contribution in [0.2, 0.25) is 5.02 Å². The molecule has 0 saturated heterocycles. The number of hydrogen-bond acceptors (Lipinski definition) is 5. The summed E-state index contributed by atoms with van der Waals surface area (Å²) in [5.41, 5.74) is 1.07. The molecule has 0 aliphatic rings. The van der Waals surface area contributed by atoms with Gasteiger partial charge >= 0.3 is 6.18 Å². The van der Waals surface area contributed by atoms with Crippen LogP contribution in [0.25, 0.3) is 22.3 Å². The fourth-order valence-electron chi connectivity index (χ4n) is 3.51.